The Kier molecular flexibility index (Phi) is 3.14. The first-order valence-electron chi connectivity index (χ1n) is 3.82. The smallest absolute Gasteiger partial charge is 0.356 e. The van der Waals surface area contributed by atoms with Crippen molar-refractivity contribution in [2.75, 3.05) is 7.11 Å². The van der Waals surface area contributed by atoms with E-state index in [0.29, 0.717) is 5.82 Å². The topological polar surface area (TPSA) is 52.1 Å². The van der Waals surface area contributed by atoms with Gasteiger partial charge in [-0.25, -0.2) is 14.8 Å². The van der Waals surface area contributed by atoms with Crippen LogP contribution in [-0.4, -0.2) is 23.0 Å². The van der Waals surface area contributed by atoms with Gasteiger partial charge in [0.25, 0.3) is 0 Å². The fourth-order valence-corrected chi connectivity index (χ4v) is 0.821. The molecule has 0 saturated heterocycles. The van der Waals surface area contributed by atoms with Crippen LogP contribution in [-0.2, 0) is 4.74 Å². The van der Waals surface area contributed by atoms with E-state index in [-0.39, 0.29) is 5.69 Å². The number of carbonyl (C=O) groups excluding carboxylic acids is 1. The van der Waals surface area contributed by atoms with E-state index in [1.165, 1.54) is 19.4 Å². The zero-order chi connectivity index (χ0) is 9.68. The molecule has 0 aromatic carbocycles. The lowest BCUT2D eigenvalue weighted by atomic mass is 10.4. The second-order valence-electron chi connectivity index (χ2n) is 2.29. The Morgan fingerprint density at radius 3 is 3.00 bits per heavy atom. The summed E-state index contributed by atoms with van der Waals surface area (Å²) in [5.41, 5.74) is 0.269. The van der Waals surface area contributed by atoms with E-state index in [2.05, 4.69) is 14.7 Å². The molecule has 0 aliphatic carbocycles. The third-order valence-corrected chi connectivity index (χ3v) is 1.38. The van der Waals surface area contributed by atoms with Crippen LogP contribution in [0.2, 0.25) is 0 Å². The Labute approximate surface area is 76.3 Å². The summed E-state index contributed by atoms with van der Waals surface area (Å²) in [6.07, 6.45) is 5.04. The summed E-state index contributed by atoms with van der Waals surface area (Å²) in [6, 6.07) is 1.51. The maximum atomic E-state index is 11.0. The minimum absolute atomic E-state index is 0.269. The molecule has 4 heteroatoms. The van der Waals surface area contributed by atoms with Gasteiger partial charge >= 0.3 is 5.97 Å². The summed E-state index contributed by atoms with van der Waals surface area (Å²) >= 11 is 0. The molecular weight excluding hydrogens is 168 g/mol. The largest absolute Gasteiger partial charge is 0.464 e. The van der Waals surface area contributed by atoms with Gasteiger partial charge in [-0.2, -0.15) is 0 Å². The molecule has 1 aromatic heterocycles. The number of rotatable bonds is 2. The van der Waals surface area contributed by atoms with Crippen LogP contribution in [0, 0.1) is 0 Å². The molecule has 1 rings (SSSR count). The van der Waals surface area contributed by atoms with E-state index in [1.807, 2.05) is 6.92 Å². The molecule has 0 aliphatic heterocycles. The van der Waals surface area contributed by atoms with Crippen molar-refractivity contribution < 1.29 is 9.53 Å². The number of carbonyl (C=O) groups is 1. The van der Waals surface area contributed by atoms with Gasteiger partial charge in [0.15, 0.2) is 11.5 Å². The molecule has 1 heterocycles. The highest BCUT2D eigenvalue weighted by atomic mass is 16.5. The zero-order valence-corrected chi connectivity index (χ0v) is 7.52. The first kappa shape index (κ1) is 9.38. The maximum absolute atomic E-state index is 11.0. The Morgan fingerprint density at radius 2 is 2.38 bits per heavy atom. The number of methoxy groups -OCH3 is 1. The second kappa shape index (κ2) is 4.35. The van der Waals surface area contributed by atoms with Gasteiger partial charge in [0.1, 0.15) is 0 Å². The van der Waals surface area contributed by atoms with Crippen molar-refractivity contribution in [2.24, 2.45) is 0 Å². The fourth-order valence-electron chi connectivity index (χ4n) is 0.821. The number of hydrogen-bond donors (Lipinski definition) is 0. The summed E-state index contributed by atoms with van der Waals surface area (Å²) in [5.74, 6) is 0.0542. The zero-order valence-electron chi connectivity index (χ0n) is 7.52. The number of aromatic nitrogens is 2. The molecule has 0 aliphatic rings. The van der Waals surface area contributed by atoms with E-state index in [1.54, 1.807) is 12.2 Å². The molecule has 0 unspecified atom stereocenters. The highest BCUT2D eigenvalue weighted by Crippen LogP contribution is 1.99. The van der Waals surface area contributed by atoms with Crippen LogP contribution in [0.5, 0.6) is 0 Å². The predicted molar refractivity (Wildman–Crippen MR) is 48.1 cm³/mol. The highest BCUT2D eigenvalue weighted by molar-refractivity contribution is 5.87. The van der Waals surface area contributed by atoms with Crippen molar-refractivity contribution in [2.45, 2.75) is 6.92 Å². The Hall–Kier alpha value is -1.71. The third kappa shape index (κ3) is 2.37. The molecular formula is C9H10N2O2. The number of nitrogens with zero attached hydrogens (tertiary/aromatic N) is 2. The van der Waals surface area contributed by atoms with Crippen molar-refractivity contribution in [1.82, 2.24) is 9.97 Å². The van der Waals surface area contributed by atoms with Crippen molar-refractivity contribution in [1.29, 1.82) is 0 Å². The summed E-state index contributed by atoms with van der Waals surface area (Å²) < 4.78 is 4.52. The summed E-state index contributed by atoms with van der Waals surface area (Å²) in [7, 11) is 1.32. The van der Waals surface area contributed by atoms with Gasteiger partial charge in [-0.05, 0) is 19.1 Å². The van der Waals surface area contributed by atoms with Crippen LogP contribution in [0.3, 0.4) is 0 Å². The predicted octanol–water partition coefficient (Wildman–Crippen LogP) is 1.30. The monoisotopic (exact) mass is 178 g/mol. The molecule has 0 radical (unpaired) electrons. The first-order valence-corrected chi connectivity index (χ1v) is 3.82. The lowest BCUT2D eigenvalue weighted by molar-refractivity contribution is 0.0593. The maximum Gasteiger partial charge on any atom is 0.356 e. The molecule has 4 nitrogen and oxygen atoms in total. The van der Waals surface area contributed by atoms with Gasteiger partial charge in [-0.15, -0.1) is 0 Å². The Bertz CT molecular complexity index is 334. The van der Waals surface area contributed by atoms with Crippen LogP contribution in [0.25, 0.3) is 6.08 Å². The number of allylic oxidation sites excluding steroid dienone is 1. The molecule has 1 aromatic rings. The molecule has 0 N–H and O–H groups in total. The number of ether oxygens (including phenoxy) is 1. The third-order valence-electron chi connectivity index (χ3n) is 1.38. The molecule has 0 atom stereocenters. The van der Waals surface area contributed by atoms with Crippen LogP contribution >= 0.6 is 0 Å². The van der Waals surface area contributed by atoms with E-state index in [9.17, 15) is 4.79 Å². The van der Waals surface area contributed by atoms with E-state index in [0.717, 1.165) is 0 Å². The van der Waals surface area contributed by atoms with Crippen LogP contribution in [0.15, 0.2) is 18.3 Å². The SMILES string of the molecule is C/C=C/c1nccc(C(=O)OC)n1. The van der Waals surface area contributed by atoms with E-state index >= 15 is 0 Å². The molecule has 0 amide bonds. The quantitative estimate of drug-likeness (QED) is 0.640. The molecule has 13 heavy (non-hydrogen) atoms. The molecule has 68 valence electrons. The fraction of sp³-hybridized carbons (Fsp3) is 0.222. The van der Waals surface area contributed by atoms with E-state index < -0.39 is 5.97 Å². The van der Waals surface area contributed by atoms with Gasteiger partial charge in [0.05, 0.1) is 7.11 Å². The normalized spacial score (nSPS) is 10.3. The average molecular weight is 178 g/mol. The van der Waals surface area contributed by atoms with Crippen molar-refractivity contribution >= 4 is 12.0 Å². The van der Waals surface area contributed by atoms with Crippen molar-refractivity contribution in [3.8, 4) is 0 Å². The number of esters is 1. The van der Waals surface area contributed by atoms with Gasteiger partial charge in [-0.1, -0.05) is 6.08 Å². The highest BCUT2D eigenvalue weighted by Gasteiger charge is 2.06. The lowest BCUT2D eigenvalue weighted by Crippen LogP contribution is -2.05. The molecule has 0 saturated carbocycles. The first-order chi connectivity index (χ1) is 6.27. The average Bonchev–Trinajstić information content (AvgIpc) is 2.18. The van der Waals surface area contributed by atoms with Crippen LogP contribution < -0.4 is 0 Å². The number of hydrogen-bond acceptors (Lipinski definition) is 4. The molecule has 0 spiro atoms. The minimum atomic E-state index is -0.451. The summed E-state index contributed by atoms with van der Waals surface area (Å²) in [5, 5.41) is 0. The Morgan fingerprint density at radius 1 is 1.62 bits per heavy atom. The molecule has 0 bridgehead atoms. The molecule has 0 fully saturated rings. The standard InChI is InChI=1S/C9H10N2O2/c1-3-4-8-10-6-5-7(11-8)9(12)13-2/h3-6H,1-2H3/b4-3+. The Balaban J connectivity index is 2.98. The summed E-state index contributed by atoms with van der Waals surface area (Å²) in [6.45, 7) is 1.86. The van der Waals surface area contributed by atoms with Gasteiger partial charge < -0.3 is 4.74 Å². The van der Waals surface area contributed by atoms with Crippen LogP contribution in [0.1, 0.15) is 23.2 Å². The van der Waals surface area contributed by atoms with Crippen molar-refractivity contribution in [3.63, 3.8) is 0 Å². The van der Waals surface area contributed by atoms with Crippen molar-refractivity contribution in [3.05, 3.63) is 29.9 Å². The minimum Gasteiger partial charge on any atom is -0.464 e. The van der Waals surface area contributed by atoms with Gasteiger partial charge in [0.2, 0.25) is 0 Å². The summed E-state index contributed by atoms with van der Waals surface area (Å²) in [4.78, 5) is 18.9. The van der Waals surface area contributed by atoms with Crippen LogP contribution in [0.4, 0.5) is 0 Å². The second-order valence-corrected chi connectivity index (χ2v) is 2.29. The van der Waals surface area contributed by atoms with Gasteiger partial charge in [-0.3, -0.25) is 0 Å². The van der Waals surface area contributed by atoms with Gasteiger partial charge in [0, 0.05) is 6.20 Å². The van der Waals surface area contributed by atoms with E-state index in [4.69, 9.17) is 0 Å². The lowest BCUT2D eigenvalue weighted by Gasteiger charge is -1.97.